The molecular formula is C28H33N5O7S. The predicted octanol–water partition coefficient (Wildman–Crippen LogP) is 0.614. The van der Waals surface area contributed by atoms with Gasteiger partial charge in [0.25, 0.3) is 0 Å². The molecule has 0 bridgehead atoms. The molecule has 8 N–H and O–H groups in total. The average Bonchev–Trinajstić information content (AvgIpc) is 3.36. The number of thiol groups is 1. The number of H-pyrrole nitrogens is 1. The van der Waals surface area contributed by atoms with Crippen molar-refractivity contribution in [3.8, 4) is 0 Å². The van der Waals surface area contributed by atoms with Gasteiger partial charge in [-0.15, -0.1) is 0 Å². The molecule has 0 spiro atoms. The molecule has 0 saturated carbocycles. The first-order chi connectivity index (χ1) is 19.6. The molecule has 0 aliphatic heterocycles. The van der Waals surface area contributed by atoms with Crippen molar-refractivity contribution in [1.82, 2.24) is 20.9 Å². The summed E-state index contributed by atoms with van der Waals surface area (Å²) >= 11 is 4.17. The highest BCUT2D eigenvalue weighted by molar-refractivity contribution is 7.80. The Hall–Kier alpha value is -4.36. The summed E-state index contributed by atoms with van der Waals surface area (Å²) in [6.07, 6.45) is 1.29. The van der Waals surface area contributed by atoms with Gasteiger partial charge in [0.2, 0.25) is 17.7 Å². The maximum atomic E-state index is 13.3. The number of carbonyl (C=O) groups excluding carboxylic acids is 3. The molecule has 0 radical (unpaired) electrons. The number of aromatic amines is 1. The van der Waals surface area contributed by atoms with Crippen molar-refractivity contribution in [2.75, 3.05) is 5.75 Å². The fraction of sp³-hybridized carbons (Fsp3) is 0.321. The molecule has 2 aromatic carbocycles. The second kappa shape index (κ2) is 14.9. The van der Waals surface area contributed by atoms with Crippen LogP contribution in [0.2, 0.25) is 0 Å². The van der Waals surface area contributed by atoms with Crippen LogP contribution in [-0.4, -0.2) is 74.8 Å². The van der Waals surface area contributed by atoms with E-state index < -0.39 is 53.8 Å². The van der Waals surface area contributed by atoms with E-state index in [0.29, 0.717) is 11.1 Å². The standard InChI is InChI=1S/C28H33N5O7S/c29-19(10-11-24(34)35)25(36)31-21(12-16-6-2-1-3-7-16)26(37)33-23(15-41)27(38)32-22(28(39)40)13-17-14-30-20-9-5-4-8-18(17)20/h1-9,14,19,21-23,30,41H,10-13,15,29H2,(H,31,36)(H,32,38)(H,33,37)(H,34,35)(H,39,40). The molecule has 1 heterocycles. The van der Waals surface area contributed by atoms with E-state index in [1.54, 1.807) is 36.5 Å². The van der Waals surface area contributed by atoms with Crippen molar-refractivity contribution in [3.63, 3.8) is 0 Å². The molecule has 4 atom stereocenters. The van der Waals surface area contributed by atoms with Gasteiger partial charge in [-0.05, 0) is 23.6 Å². The second-order valence-corrected chi connectivity index (χ2v) is 9.86. The van der Waals surface area contributed by atoms with Crippen LogP contribution in [0.3, 0.4) is 0 Å². The van der Waals surface area contributed by atoms with Crippen molar-refractivity contribution in [3.05, 3.63) is 71.9 Å². The first kappa shape index (κ1) is 31.2. The van der Waals surface area contributed by atoms with Gasteiger partial charge in [-0.25, -0.2) is 4.79 Å². The van der Waals surface area contributed by atoms with Gasteiger partial charge < -0.3 is 36.9 Å². The molecule has 3 rings (SSSR count). The normalized spacial score (nSPS) is 13.9. The number of benzene rings is 2. The molecule has 218 valence electrons. The number of para-hydroxylation sites is 1. The molecular weight excluding hydrogens is 550 g/mol. The largest absolute Gasteiger partial charge is 0.481 e. The van der Waals surface area contributed by atoms with E-state index in [-0.39, 0.29) is 31.4 Å². The van der Waals surface area contributed by atoms with E-state index in [1.165, 1.54) is 0 Å². The number of aliphatic carboxylic acids is 2. The molecule has 4 unspecified atom stereocenters. The number of rotatable bonds is 15. The van der Waals surface area contributed by atoms with Gasteiger partial charge >= 0.3 is 11.9 Å². The van der Waals surface area contributed by atoms with Crippen molar-refractivity contribution in [1.29, 1.82) is 0 Å². The zero-order valence-electron chi connectivity index (χ0n) is 22.1. The Morgan fingerprint density at radius 2 is 1.41 bits per heavy atom. The number of nitrogens with one attached hydrogen (secondary N) is 4. The molecule has 0 aliphatic rings. The number of carboxylic acid groups (broad SMARTS) is 2. The zero-order chi connectivity index (χ0) is 29.9. The highest BCUT2D eigenvalue weighted by Gasteiger charge is 2.30. The van der Waals surface area contributed by atoms with E-state index in [2.05, 4.69) is 33.6 Å². The Morgan fingerprint density at radius 3 is 2.07 bits per heavy atom. The number of hydrogen-bond donors (Lipinski definition) is 8. The fourth-order valence-electron chi connectivity index (χ4n) is 4.21. The van der Waals surface area contributed by atoms with Crippen LogP contribution in [0.1, 0.15) is 24.0 Å². The smallest absolute Gasteiger partial charge is 0.326 e. The van der Waals surface area contributed by atoms with Crippen LogP contribution < -0.4 is 21.7 Å². The van der Waals surface area contributed by atoms with Crippen LogP contribution in [0.5, 0.6) is 0 Å². The quantitative estimate of drug-likeness (QED) is 0.119. The first-order valence-electron chi connectivity index (χ1n) is 12.9. The van der Waals surface area contributed by atoms with Crippen LogP contribution in [0.15, 0.2) is 60.8 Å². The van der Waals surface area contributed by atoms with E-state index in [1.807, 2.05) is 24.3 Å². The Balaban J connectivity index is 1.70. The van der Waals surface area contributed by atoms with E-state index >= 15 is 0 Å². The Kier molecular flexibility index (Phi) is 11.3. The summed E-state index contributed by atoms with van der Waals surface area (Å²) < 4.78 is 0. The highest BCUT2D eigenvalue weighted by Crippen LogP contribution is 2.19. The average molecular weight is 584 g/mol. The molecule has 3 aromatic rings. The lowest BCUT2D eigenvalue weighted by molar-refractivity contribution is -0.142. The van der Waals surface area contributed by atoms with Gasteiger partial charge in [-0.3, -0.25) is 19.2 Å². The third-order valence-corrected chi connectivity index (χ3v) is 6.82. The van der Waals surface area contributed by atoms with Crippen LogP contribution >= 0.6 is 12.6 Å². The van der Waals surface area contributed by atoms with Gasteiger partial charge in [0.1, 0.15) is 18.1 Å². The zero-order valence-corrected chi connectivity index (χ0v) is 23.0. The van der Waals surface area contributed by atoms with Crippen LogP contribution in [-0.2, 0) is 36.8 Å². The lowest BCUT2D eigenvalue weighted by Crippen LogP contribution is -2.58. The minimum Gasteiger partial charge on any atom is -0.481 e. The van der Waals surface area contributed by atoms with Crippen molar-refractivity contribution in [2.45, 2.75) is 49.9 Å². The molecule has 12 nitrogen and oxygen atoms in total. The van der Waals surface area contributed by atoms with Gasteiger partial charge in [-0.1, -0.05) is 48.5 Å². The molecule has 3 amide bonds. The lowest BCUT2D eigenvalue weighted by Gasteiger charge is -2.24. The number of nitrogens with two attached hydrogens (primary N) is 1. The predicted molar refractivity (Wildman–Crippen MR) is 154 cm³/mol. The Labute approximate surface area is 241 Å². The summed E-state index contributed by atoms with van der Waals surface area (Å²) in [6, 6.07) is 11.3. The maximum absolute atomic E-state index is 13.3. The molecule has 0 fully saturated rings. The fourth-order valence-corrected chi connectivity index (χ4v) is 4.46. The van der Waals surface area contributed by atoms with Crippen molar-refractivity contribution < 1.29 is 34.2 Å². The first-order valence-corrected chi connectivity index (χ1v) is 13.5. The van der Waals surface area contributed by atoms with E-state index in [9.17, 15) is 29.1 Å². The number of carboxylic acids is 2. The number of fused-ring (bicyclic) bond motifs is 1. The lowest BCUT2D eigenvalue weighted by atomic mass is 10.0. The summed E-state index contributed by atoms with van der Waals surface area (Å²) in [5.41, 5.74) is 8.05. The molecule has 13 heteroatoms. The van der Waals surface area contributed by atoms with Crippen molar-refractivity contribution >= 4 is 53.2 Å². The third kappa shape index (κ3) is 9.08. The maximum Gasteiger partial charge on any atom is 0.326 e. The number of carbonyl (C=O) groups is 5. The topological polar surface area (TPSA) is 204 Å². The minimum absolute atomic E-state index is 0.000749. The number of hydrogen-bond acceptors (Lipinski definition) is 7. The molecule has 0 saturated heterocycles. The Morgan fingerprint density at radius 1 is 0.805 bits per heavy atom. The van der Waals surface area contributed by atoms with Crippen LogP contribution in [0, 0.1) is 0 Å². The van der Waals surface area contributed by atoms with Gasteiger partial charge in [0, 0.05) is 42.1 Å². The summed E-state index contributed by atoms with van der Waals surface area (Å²) in [6.45, 7) is 0. The van der Waals surface area contributed by atoms with Crippen LogP contribution in [0.4, 0.5) is 0 Å². The minimum atomic E-state index is -1.28. The third-order valence-electron chi connectivity index (χ3n) is 6.45. The summed E-state index contributed by atoms with van der Waals surface area (Å²) in [5, 5.41) is 27.0. The molecule has 0 aliphatic carbocycles. The second-order valence-electron chi connectivity index (χ2n) is 9.50. The van der Waals surface area contributed by atoms with E-state index in [0.717, 1.165) is 10.9 Å². The van der Waals surface area contributed by atoms with Gasteiger partial charge in [0.05, 0.1) is 6.04 Å². The number of amides is 3. The summed E-state index contributed by atoms with van der Waals surface area (Å²) in [5.74, 6) is -4.72. The van der Waals surface area contributed by atoms with Crippen molar-refractivity contribution in [2.24, 2.45) is 5.73 Å². The molecule has 1 aromatic heterocycles. The van der Waals surface area contributed by atoms with Gasteiger partial charge in [0.15, 0.2) is 0 Å². The van der Waals surface area contributed by atoms with Crippen LogP contribution in [0.25, 0.3) is 10.9 Å². The summed E-state index contributed by atoms with van der Waals surface area (Å²) in [7, 11) is 0. The Bertz CT molecular complexity index is 1380. The monoisotopic (exact) mass is 583 g/mol. The summed E-state index contributed by atoms with van der Waals surface area (Å²) in [4.78, 5) is 64.9. The highest BCUT2D eigenvalue weighted by atomic mass is 32.1. The van der Waals surface area contributed by atoms with E-state index in [4.69, 9.17) is 10.8 Å². The number of aromatic nitrogens is 1. The SMILES string of the molecule is NC(CCC(=O)O)C(=O)NC(Cc1ccccc1)C(=O)NC(CS)C(=O)NC(Cc1c[nH]c2ccccc12)C(=O)O. The molecule has 41 heavy (non-hydrogen) atoms. The van der Waals surface area contributed by atoms with Gasteiger partial charge in [-0.2, -0.15) is 12.6 Å².